The van der Waals surface area contributed by atoms with Gasteiger partial charge in [-0.1, -0.05) is 26.8 Å². The number of carbonyl (C=O) groups excluding carboxylic acids is 1. The Morgan fingerprint density at radius 2 is 2.13 bits per heavy atom. The molecule has 0 aromatic carbocycles. The first kappa shape index (κ1) is 11.9. The molecule has 2 heteroatoms. The van der Waals surface area contributed by atoms with Crippen LogP contribution in [0.5, 0.6) is 0 Å². The average molecular weight is 205 g/mol. The second kappa shape index (κ2) is 5.64. The number of carbonyl (C=O) groups is 1. The average Bonchev–Trinajstić information content (AvgIpc) is 2.17. The van der Waals surface area contributed by atoms with Gasteiger partial charge in [0.25, 0.3) is 0 Å². The Labute approximate surface area is 91.7 Å². The molecule has 82 valence electrons. The van der Waals surface area contributed by atoms with E-state index in [0.717, 1.165) is 12.1 Å². The Kier molecular flexibility index (Phi) is 4.47. The minimum Gasteiger partial charge on any atom is -0.299 e. The summed E-state index contributed by atoms with van der Waals surface area (Å²) in [6, 6.07) is 4.00. The summed E-state index contributed by atoms with van der Waals surface area (Å²) in [6.45, 7) is 6.22. The Morgan fingerprint density at radius 3 is 2.60 bits per heavy atom. The highest BCUT2D eigenvalue weighted by Gasteiger charge is 2.06. The first-order chi connectivity index (χ1) is 7.11. The molecule has 0 bridgehead atoms. The molecule has 1 aromatic rings. The van der Waals surface area contributed by atoms with Crippen molar-refractivity contribution in [3.63, 3.8) is 0 Å². The molecule has 0 spiro atoms. The second-order valence-corrected chi connectivity index (χ2v) is 4.32. The van der Waals surface area contributed by atoms with Crippen LogP contribution in [0.3, 0.4) is 0 Å². The van der Waals surface area contributed by atoms with Crippen LogP contribution in [0, 0.1) is 5.92 Å². The van der Waals surface area contributed by atoms with E-state index in [1.54, 1.807) is 0 Å². The molecule has 0 radical (unpaired) electrons. The van der Waals surface area contributed by atoms with Gasteiger partial charge in [-0.25, -0.2) is 0 Å². The number of pyridine rings is 1. The molecule has 2 nitrogen and oxygen atoms in total. The zero-order chi connectivity index (χ0) is 11.3. The maximum Gasteiger partial charge on any atom is 0.139 e. The quantitative estimate of drug-likeness (QED) is 0.740. The molecule has 0 saturated carbocycles. The maximum atomic E-state index is 11.5. The van der Waals surface area contributed by atoms with Gasteiger partial charge in [-0.05, 0) is 24.0 Å². The highest BCUT2D eigenvalue weighted by Crippen LogP contribution is 2.06. The van der Waals surface area contributed by atoms with Crippen LogP contribution in [-0.4, -0.2) is 10.8 Å². The summed E-state index contributed by atoms with van der Waals surface area (Å²) in [4.78, 5) is 15.8. The number of hydrogen-bond acceptors (Lipinski definition) is 2. The van der Waals surface area contributed by atoms with Gasteiger partial charge in [0.1, 0.15) is 5.78 Å². The molecular weight excluding hydrogens is 186 g/mol. The lowest BCUT2D eigenvalue weighted by Gasteiger charge is -2.04. The second-order valence-electron chi connectivity index (χ2n) is 4.32. The van der Waals surface area contributed by atoms with E-state index in [9.17, 15) is 4.79 Å². The molecular formula is C13H19NO. The van der Waals surface area contributed by atoms with Crippen molar-refractivity contribution in [3.8, 4) is 0 Å². The topological polar surface area (TPSA) is 30.0 Å². The van der Waals surface area contributed by atoms with E-state index in [4.69, 9.17) is 0 Å². The number of rotatable bonds is 5. The van der Waals surface area contributed by atoms with Gasteiger partial charge in [0.15, 0.2) is 0 Å². The lowest BCUT2D eigenvalue weighted by Crippen LogP contribution is -2.07. The molecule has 1 rings (SSSR count). The van der Waals surface area contributed by atoms with Crippen molar-refractivity contribution in [2.24, 2.45) is 5.92 Å². The summed E-state index contributed by atoms with van der Waals surface area (Å²) in [5.41, 5.74) is 2.10. The minimum atomic E-state index is 0.279. The minimum absolute atomic E-state index is 0.279. The van der Waals surface area contributed by atoms with Gasteiger partial charge in [-0.2, -0.15) is 0 Å². The molecule has 0 aliphatic heterocycles. The summed E-state index contributed by atoms with van der Waals surface area (Å²) in [5.74, 6) is 0.717. The predicted molar refractivity (Wildman–Crippen MR) is 61.8 cm³/mol. The van der Waals surface area contributed by atoms with Gasteiger partial charge in [-0.15, -0.1) is 0 Å². The summed E-state index contributed by atoms with van der Waals surface area (Å²) in [7, 11) is 0. The van der Waals surface area contributed by atoms with Crippen molar-refractivity contribution < 1.29 is 4.79 Å². The summed E-state index contributed by atoms with van der Waals surface area (Å²) in [5, 5.41) is 0. The first-order valence-electron chi connectivity index (χ1n) is 5.57. The van der Waals surface area contributed by atoms with Crippen molar-refractivity contribution in [1.82, 2.24) is 4.98 Å². The van der Waals surface area contributed by atoms with Crippen molar-refractivity contribution in [1.29, 1.82) is 0 Å². The largest absolute Gasteiger partial charge is 0.299 e. The van der Waals surface area contributed by atoms with Crippen LogP contribution in [-0.2, 0) is 17.6 Å². The molecule has 1 heterocycles. The SMILES string of the molecule is CCc1ccc(CC(=O)CC(C)C)nc1. The molecule has 0 aliphatic rings. The molecule has 0 N–H and O–H groups in total. The Bertz CT molecular complexity index is 314. The maximum absolute atomic E-state index is 11.5. The fraction of sp³-hybridized carbons (Fsp3) is 0.538. The van der Waals surface area contributed by atoms with Gasteiger partial charge in [-0.3, -0.25) is 9.78 Å². The highest BCUT2D eigenvalue weighted by atomic mass is 16.1. The zero-order valence-electron chi connectivity index (χ0n) is 9.79. The lowest BCUT2D eigenvalue weighted by molar-refractivity contribution is -0.119. The molecule has 0 saturated heterocycles. The van der Waals surface area contributed by atoms with Crippen LogP contribution in [0.2, 0.25) is 0 Å². The van der Waals surface area contributed by atoms with Gasteiger partial charge in [0.05, 0.1) is 0 Å². The number of Topliss-reactive ketones (excluding diaryl/α,β-unsaturated/α-hetero) is 1. The molecule has 15 heavy (non-hydrogen) atoms. The number of aryl methyl sites for hydroxylation is 1. The number of nitrogens with zero attached hydrogens (tertiary/aromatic N) is 1. The van der Waals surface area contributed by atoms with Crippen molar-refractivity contribution in [3.05, 3.63) is 29.6 Å². The summed E-state index contributed by atoms with van der Waals surface area (Å²) >= 11 is 0. The third-order valence-corrected chi connectivity index (χ3v) is 2.31. The third-order valence-electron chi connectivity index (χ3n) is 2.31. The van der Waals surface area contributed by atoms with Gasteiger partial charge in [0, 0.05) is 24.7 Å². The van der Waals surface area contributed by atoms with E-state index in [-0.39, 0.29) is 5.78 Å². The van der Waals surface area contributed by atoms with Crippen LogP contribution < -0.4 is 0 Å². The highest BCUT2D eigenvalue weighted by molar-refractivity contribution is 5.80. The Morgan fingerprint density at radius 1 is 1.40 bits per heavy atom. The summed E-state index contributed by atoms with van der Waals surface area (Å²) in [6.07, 6.45) is 3.98. The fourth-order valence-corrected chi connectivity index (χ4v) is 1.50. The third kappa shape index (κ3) is 4.24. The van der Waals surface area contributed by atoms with Gasteiger partial charge in [0.2, 0.25) is 0 Å². The van der Waals surface area contributed by atoms with Crippen LogP contribution in [0.4, 0.5) is 0 Å². The van der Waals surface area contributed by atoms with E-state index >= 15 is 0 Å². The van der Waals surface area contributed by atoms with Crippen LogP contribution >= 0.6 is 0 Å². The number of hydrogen-bond donors (Lipinski definition) is 0. The predicted octanol–water partition coefficient (Wildman–Crippen LogP) is 2.80. The van der Waals surface area contributed by atoms with E-state index in [1.165, 1.54) is 5.56 Å². The number of ketones is 1. The van der Waals surface area contributed by atoms with E-state index in [0.29, 0.717) is 18.8 Å². The normalized spacial score (nSPS) is 10.7. The Balaban J connectivity index is 2.53. The van der Waals surface area contributed by atoms with Gasteiger partial charge < -0.3 is 0 Å². The van der Waals surface area contributed by atoms with Crippen LogP contribution in [0.1, 0.15) is 38.4 Å². The smallest absolute Gasteiger partial charge is 0.139 e. The molecule has 0 atom stereocenters. The van der Waals surface area contributed by atoms with Crippen molar-refractivity contribution >= 4 is 5.78 Å². The molecule has 0 fully saturated rings. The fourth-order valence-electron chi connectivity index (χ4n) is 1.50. The molecule has 0 amide bonds. The van der Waals surface area contributed by atoms with E-state index < -0.39 is 0 Å². The van der Waals surface area contributed by atoms with Crippen molar-refractivity contribution in [2.75, 3.05) is 0 Å². The lowest BCUT2D eigenvalue weighted by atomic mass is 10.0. The van der Waals surface area contributed by atoms with Crippen LogP contribution in [0.25, 0.3) is 0 Å². The summed E-state index contributed by atoms with van der Waals surface area (Å²) < 4.78 is 0. The molecule has 0 aliphatic carbocycles. The zero-order valence-corrected chi connectivity index (χ0v) is 9.79. The molecule has 1 aromatic heterocycles. The number of aromatic nitrogens is 1. The van der Waals surface area contributed by atoms with Crippen LogP contribution in [0.15, 0.2) is 18.3 Å². The first-order valence-corrected chi connectivity index (χ1v) is 5.57. The monoisotopic (exact) mass is 205 g/mol. The van der Waals surface area contributed by atoms with Crippen molar-refractivity contribution in [2.45, 2.75) is 40.0 Å². The van der Waals surface area contributed by atoms with E-state index in [1.807, 2.05) is 18.3 Å². The van der Waals surface area contributed by atoms with E-state index in [2.05, 4.69) is 25.8 Å². The van der Waals surface area contributed by atoms with Gasteiger partial charge >= 0.3 is 0 Å². The Hall–Kier alpha value is -1.18. The standard InChI is InChI=1S/C13H19NO/c1-4-11-5-6-12(14-9-11)8-13(15)7-10(2)3/h5-6,9-10H,4,7-8H2,1-3H3. The molecule has 0 unspecified atom stereocenters.